The molecule has 1 saturated heterocycles. The summed E-state index contributed by atoms with van der Waals surface area (Å²) in [5.74, 6) is 2.98. The van der Waals surface area contributed by atoms with Gasteiger partial charge in [-0.2, -0.15) is 0 Å². The van der Waals surface area contributed by atoms with Crippen LogP contribution in [0.5, 0.6) is 0 Å². The largest absolute Gasteiger partial charge is 0.444 e. The van der Waals surface area contributed by atoms with Gasteiger partial charge in [0.25, 0.3) is 0 Å². The molecule has 114 valence electrons. The molecule has 1 aromatic rings. The summed E-state index contributed by atoms with van der Waals surface area (Å²) < 4.78 is 7.47. The van der Waals surface area contributed by atoms with Gasteiger partial charge in [-0.25, -0.2) is 9.78 Å². The molecule has 1 aliphatic heterocycles. The molecular formula is C16H23N3O2. The number of imidazole rings is 1. The SMILES string of the molecule is C#CCC(C)n1cncc1C1CN(C(=O)OC(C)(C)C)C1. The molecule has 2 heterocycles. The third-order valence-corrected chi connectivity index (χ3v) is 3.54. The Hall–Kier alpha value is -1.96. The molecule has 0 saturated carbocycles. The summed E-state index contributed by atoms with van der Waals surface area (Å²) in [5.41, 5.74) is 0.684. The molecule has 21 heavy (non-hydrogen) atoms. The lowest BCUT2D eigenvalue weighted by atomic mass is 9.96. The second kappa shape index (κ2) is 5.80. The second-order valence-electron chi connectivity index (χ2n) is 6.57. The van der Waals surface area contributed by atoms with Crippen LogP contribution in [0.1, 0.15) is 51.8 Å². The van der Waals surface area contributed by atoms with E-state index in [1.165, 1.54) is 0 Å². The van der Waals surface area contributed by atoms with E-state index in [1.54, 1.807) is 4.90 Å². The first-order valence-electron chi connectivity index (χ1n) is 7.25. The van der Waals surface area contributed by atoms with Gasteiger partial charge in [-0.3, -0.25) is 0 Å². The zero-order chi connectivity index (χ0) is 15.6. The maximum atomic E-state index is 11.9. The fraction of sp³-hybridized carbons (Fsp3) is 0.625. The molecule has 0 radical (unpaired) electrons. The standard InChI is InChI=1S/C16H23N3O2/c1-6-7-12(2)19-11-17-8-14(19)13-9-18(10-13)15(20)21-16(3,4)5/h1,8,11-13H,7,9-10H2,2-5H3. The lowest BCUT2D eigenvalue weighted by molar-refractivity contribution is 0.00752. The highest BCUT2D eigenvalue weighted by Gasteiger charge is 2.36. The Morgan fingerprint density at radius 3 is 2.81 bits per heavy atom. The highest BCUT2D eigenvalue weighted by atomic mass is 16.6. The number of hydrogen-bond donors (Lipinski definition) is 0. The Morgan fingerprint density at radius 1 is 1.57 bits per heavy atom. The van der Waals surface area contributed by atoms with Crippen LogP contribution in [0, 0.1) is 12.3 Å². The third kappa shape index (κ3) is 3.57. The van der Waals surface area contributed by atoms with Gasteiger partial charge in [0.15, 0.2) is 0 Å². The van der Waals surface area contributed by atoms with E-state index in [0.717, 1.165) is 5.69 Å². The highest BCUT2D eigenvalue weighted by molar-refractivity contribution is 5.69. The minimum atomic E-state index is -0.453. The first-order valence-corrected chi connectivity index (χ1v) is 7.25. The van der Waals surface area contributed by atoms with Crippen LogP contribution in [0.4, 0.5) is 4.79 Å². The molecule has 5 heteroatoms. The summed E-state index contributed by atoms with van der Waals surface area (Å²) in [6.07, 6.45) is 9.48. The van der Waals surface area contributed by atoms with Gasteiger partial charge < -0.3 is 14.2 Å². The Bertz CT molecular complexity index is 545. The number of terminal acetylenes is 1. The van der Waals surface area contributed by atoms with Crippen LogP contribution in [0.3, 0.4) is 0 Å². The molecule has 1 fully saturated rings. The van der Waals surface area contributed by atoms with Gasteiger partial charge in [-0.1, -0.05) is 0 Å². The van der Waals surface area contributed by atoms with E-state index in [-0.39, 0.29) is 12.1 Å². The van der Waals surface area contributed by atoms with Gasteiger partial charge in [-0.05, 0) is 27.7 Å². The molecule has 2 rings (SSSR count). The third-order valence-electron chi connectivity index (χ3n) is 3.54. The predicted octanol–water partition coefficient (Wildman–Crippen LogP) is 2.80. The number of aromatic nitrogens is 2. The zero-order valence-electron chi connectivity index (χ0n) is 13.2. The van der Waals surface area contributed by atoms with E-state index in [9.17, 15) is 4.79 Å². The molecule has 0 aromatic carbocycles. The Morgan fingerprint density at radius 2 is 2.24 bits per heavy atom. The molecule has 1 amide bonds. The summed E-state index contributed by atoms with van der Waals surface area (Å²) in [4.78, 5) is 17.9. The van der Waals surface area contributed by atoms with Crippen LogP contribution in [-0.2, 0) is 4.74 Å². The van der Waals surface area contributed by atoms with Gasteiger partial charge in [-0.15, -0.1) is 12.3 Å². The lowest BCUT2D eigenvalue weighted by Gasteiger charge is -2.40. The van der Waals surface area contributed by atoms with Gasteiger partial charge in [0, 0.05) is 43.4 Å². The van der Waals surface area contributed by atoms with Crippen molar-refractivity contribution >= 4 is 6.09 Å². The average molecular weight is 289 g/mol. The molecule has 1 unspecified atom stereocenters. The summed E-state index contributed by atoms with van der Waals surface area (Å²) in [6, 6.07) is 0.225. The van der Waals surface area contributed by atoms with Crippen molar-refractivity contribution in [3.8, 4) is 12.3 Å². The van der Waals surface area contributed by atoms with E-state index in [1.807, 2.05) is 33.3 Å². The van der Waals surface area contributed by atoms with E-state index < -0.39 is 5.60 Å². The maximum Gasteiger partial charge on any atom is 0.410 e. The normalized spacial score (nSPS) is 17.0. The van der Waals surface area contributed by atoms with E-state index in [2.05, 4.69) is 22.4 Å². The number of likely N-dealkylation sites (tertiary alicyclic amines) is 1. The summed E-state index contributed by atoms with van der Waals surface area (Å²) in [6.45, 7) is 9.04. The van der Waals surface area contributed by atoms with Crippen molar-refractivity contribution in [1.29, 1.82) is 0 Å². The number of carbonyl (C=O) groups excluding carboxylic acids is 1. The Balaban J connectivity index is 1.95. The fourth-order valence-electron chi connectivity index (χ4n) is 2.41. The summed E-state index contributed by atoms with van der Waals surface area (Å²) in [7, 11) is 0. The molecule has 0 spiro atoms. The molecule has 0 bridgehead atoms. The van der Waals surface area contributed by atoms with Crippen molar-refractivity contribution in [1.82, 2.24) is 14.5 Å². The minimum absolute atomic E-state index is 0.225. The van der Waals surface area contributed by atoms with E-state index >= 15 is 0 Å². The van der Waals surface area contributed by atoms with Crippen LogP contribution < -0.4 is 0 Å². The van der Waals surface area contributed by atoms with E-state index in [0.29, 0.717) is 25.4 Å². The Kier molecular flexibility index (Phi) is 4.26. The van der Waals surface area contributed by atoms with E-state index in [4.69, 9.17) is 11.2 Å². The number of hydrogen-bond acceptors (Lipinski definition) is 3. The number of amides is 1. The molecule has 1 aromatic heterocycles. The quantitative estimate of drug-likeness (QED) is 0.804. The smallest absolute Gasteiger partial charge is 0.410 e. The van der Waals surface area contributed by atoms with Crippen molar-refractivity contribution in [2.24, 2.45) is 0 Å². The Labute approximate surface area is 126 Å². The van der Waals surface area contributed by atoms with Crippen LogP contribution >= 0.6 is 0 Å². The van der Waals surface area contributed by atoms with Crippen molar-refractivity contribution in [3.05, 3.63) is 18.2 Å². The second-order valence-corrected chi connectivity index (χ2v) is 6.57. The predicted molar refractivity (Wildman–Crippen MR) is 80.9 cm³/mol. The zero-order valence-corrected chi connectivity index (χ0v) is 13.2. The van der Waals surface area contributed by atoms with Crippen molar-refractivity contribution < 1.29 is 9.53 Å². The number of rotatable bonds is 3. The van der Waals surface area contributed by atoms with Gasteiger partial charge in [0.2, 0.25) is 0 Å². The van der Waals surface area contributed by atoms with Crippen molar-refractivity contribution in [3.63, 3.8) is 0 Å². The summed E-state index contributed by atoms with van der Waals surface area (Å²) in [5, 5.41) is 0. The monoisotopic (exact) mass is 289 g/mol. The van der Waals surface area contributed by atoms with Gasteiger partial charge in [0.1, 0.15) is 5.60 Å². The molecule has 1 aliphatic rings. The van der Waals surface area contributed by atoms with Gasteiger partial charge in [0.05, 0.1) is 6.33 Å². The van der Waals surface area contributed by atoms with Crippen molar-refractivity contribution in [2.45, 2.75) is 51.7 Å². The first-order chi connectivity index (χ1) is 9.81. The molecule has 0 aliphatic carbocycles. The summed E-state index contributed by atoms with van der Waals surface area (Å²) >= 11 is 0. The highest BCUT2D eigenvalue weighted by Crippen LogP contribution is 2.30. The van der Waals surface area contributed by atoms with Crippen LogP contribution in [0.15, 0.2) is 12.5 Å². The van der Waals surface area contributed by atoms with Crippen molar-refractivity contribution in [2.75, 3.05) is 13.1 Å². The maximum absolute atomic E-state index is 11.9. The molecule has 1 atom stereocenters. The number of ether oxygens (including phenoxy) is 1. The van der Waals surface area contributed by atoms with Crippen LogP contribution in [0.25, 0.3) is 0 Å². The van der Waals surface area contributed by atoms with Crippen LogP contribution in [0.2, 0.25) is 0 Å². The molecule has 0 N–H and O–H groups in total. The minimum Gasteiger partial charge on any atom is -0.444 e. The number of nitrogens with zero attached hydrogens (tertiary/aromatic N) is 3. The fourth-order valence-corrected chi connectivity index (χ4v) is 2.41. The molecular weight excluding hydrogens is 266 g/mol. The lowest BCUT2D eigenvalue weighted by Crippen LogP contribution is -2.50. The van der Waals surface area contributed by atoms with Crippen LogP contribution in [-0.4, -0.2) is 39.2 Å². The average Bonchev–Trinajstić information content (AvgIpc) is 2.73. The van der Waals surface area contributed by atoms with Gasteiger partial charge >= 0.3 is 6.09 Å². The number of carbonyl (C=O) groups is 1. The topological polar surface area (TPSA) is 47.4 Å². The first kappa shape index (κ1) is 15.4. The molecule has 5 nitrogen and oxygen atoms in total.